The number of H-pyrrole nitrogens is 1. The maximum absolute atomic E-state index is 14.7. The van der Waals surface area contributed by atoms with Crippen LogP contribution < -0.4 is 76.5 Å². The number of aromatic nitrogens is 1. The molecule has 1 saturated heterocycles. The Balaban J connectivity index is 1.55. The predicted octanol–water partition coefficient (Wildman–Crippen LogP) is -3.29. The van der Waals surface area contributed by atoms with E-state index in [9.17, 15) is 47.9 Å². The lowest BCUT2D eigenvalue weighted by atomic mass is 10.0. The SMILES string of the molecule is CC(=O)N[C@@H](CCCN=C(N)N)C(=O)N[C@H]1CCC(=O)NCCCC(C(=O)NC2CC2)NC(=O)[C@H](Cc2c[nH]c3ccccc23)NC(=O)[C@H](CCCN=C(N)N)NC(=O)[C@@H](Cc2ccccc2)NC(=O)[C@H](CCC(N)=O)NC1=O. The van der Waals surface area contributed by atoms with Gasteiger partial charge in [-0.25, -0.2) is 0 Å². The monoisotopic (exact) mass is 1100 g/mol. The summed E-state index contributed by atoms with van der Waals surface area (Å²) >= 11 is 0. The van der Waals surface area contributed by atoms with Gasteiger partial charge in [0.25, 0.3) is 0 Å². The molecule has 3 aromatic rings. The zero-order chi connectivity index (χ0) is 57.4. The van der Waals surface area contributed by atoms with E-state index in [2.05, 4.69) is 62.8 Å². The summed E-state index contributed by atoms with van der Waals surface area (Å²) in [7, 11) is 0. The summed E-state index contributed by atoms with van der Waals surface area (Å²) in [4.78, 5) is 150. The number of para-hydroxylation sites is 1. The van der Waals surface area contributed by atoms with Crippen LogP contribution in [0.3, 0.4) is 0 Å². The van der Waals surface area contributed by atoms with Crippen molar-refractivity contribution in [2.24, 2.45) is 38.7 Å². The number of hydrogen-bond acceptors (Lipinski definition) is 12. The molecular weight excluding hydrogens is 1020 g/mol. The highest BCUT2D eigenvalue weighted by atomic mass is 16.2. The Labute approximate surface area is 456 Å². The molecule has 1 aromatic heterocycles. The number of amides is 10. The molecule has 1 unspecified atom stereocenters. The first kappa shape index (κ1) is 61.1. The van der Waals surface area contributed by atoms with Crippen LogP contribution in [0.1, 0.15) is 95.1 Å². The van der Waals surface area contributed by atoms with Crippen molar-refractivity contribution in [3.63, 3.8) is 0 Å². The Hall–Kier alpha value is -8.78. The predicted molar refractivity (Wildman–Crippen MR) is 292 cm³/mol. The molecule has 0 radical (unpaired) electrons. The summed E-state index contributed by atoms with van der Waals surface area (Å²) in [5.74, 6) is -8.03. The van der Waals surface area contributed by atoms with Crippen LogP contribution >= 0.6 is 0 Å². The number of rotatable bonds is 20. The van der Waals surface area contributed by atoms with E-state index >= 15 is 0 Å². The largest absolute Gasteiger partial charge is 0.370 e. The standard InChI is InChI=1S/C52H75N17O10/c1-29(70)62-35(14-8-24-59-51(54)55)45(74)67-39-20-22-43(72)58-23-7-15-36(44(73)63-32-17-18-32)64-50(79)41(27-31-28-61-34-13-6-5-12-33(31)34)69-46(75)37(16-9-25-60-52(56)57)65-49(78)40(26-30-10-3-2-4-11-30)68-48(77)38(66-47(39)76)19-21-42(53)71/h2-6,10-13,28,32,35-41,61H,7-9,14-27H2,1H3,(H2,53,71)(H,58,72)(H,62,70)(H,63,73)(H,64,79)(H,65,78)(H,66,76)(H,67,74)(H,68,77)(H,69,75)(H4,54,55,59)(H4,56,57,60)/t35-,36?,37-,38-,39-,40+,41-/m0/s1. The smallest absolute Gasteiger partial charge is 0.243 e. The molecule has 2 fully saturated rings. The van der Waals surface area contributed by atoms with Crippen molar-refractivity contribution in [3.05, 3.63) is 71.9 Å². The molecule has 7 atom stereocenters. The van der Waals surface area contributed by atoms with Gasteiger partial charge in [-0.05, 0) is 81.4 Å². The van der Waals surface area contributed by atoms with Crippen LogP contribution in [0.5, 0.6) is 0 Å². The Bertz CT molecular complexity index is 2690. The quantitative estimate of drug-likeness (QED) is 0.0300. The Kier molecular flexibility index (Phi) is 23.8. The van der Waals surface area contributed by atoms with Crippen LogP contribution in [0.4, 0.5) is 0 Å². The van der Waals surface area contributed by atoms with E-state index in [-0.39, 0.29) is 108 Å². The molecule has 2 aromatic carbocycles. The number of nitrogens with one attached hydrogen (secondary N) is 10. The van der Waals surface area contributed by atoms with E-state index in [4.69, 9.17) is 28.7 Å². The molecule has 2 heterocycles. The number of hydrogen-bond donors (Lipinski definition) is 15. The van der Waals surface area contributed by atoms with Crippen LogP contribution in [0, 0.1) is 0 Å². The lowest BCUT2D eigenvalue weighted by molar-refractivity contribution is -0.136. The van der Waals surface area contributed by atoms with Gasteiger partial charge in [-0.15, -0.1) is 0 Å². The fourth-order valence-electron chi connectivity index (χ4n) is 8.73. The number of primary amides is 1. The second kappa shape index (κ2) is 30.8. The van der Waals surface area contributed by atoms with E-state index in [0.29, 0.717) is 11.1 Å². The van der Waals surface area contributed by atoms with Crippen molar-refractivity contribution in [1.29, 1.82) is 0 Å². The maximum atomic E-state index is 14.7. The highest BCUT2D eigenvalue weighted by molar-refractivity contribution is 5.98. The number of aliphatic imine (C=N–C) groups is 2. The van der Waals surface area contributed by atoms with Crippen molar-refractivity contribution in [3.8, 4) is 0 Å². The number of aromatic amines is 1. The van der Waals surface area contributed by atoms with Gasteiger partial charge in [0.15, 0.2) is 11.9 Å². The van der Waals surface area contributed by atoms with E-state index in [1.807, 2.05) is 24.3 Å². The average molecular weight is 1100 g/mol. The van der Waals surface area contributed by atoms with Crippen LogP contribution in [-0.4, -0.2) is 144 Å². The number of carbonyl (C=O) groups excluding carboxylic acids is 10. The molecule has 79 heavy (non-hydrogen) atoms. The number of nitrogens with zero attached hydrogens (tertiary/aromatic N) is 2. The Morgan fingerprint density at radius 1 is 0.658 bits per heavy atom. The third kappa shape index (κ3) is 21.3. The van der Waals surface area contributed by atoms with Crippen molar-refractivity contribution >= 4 is 81.9 Å². The van der Waals surface area contributed by atoms with E-state index in [1.165, 1.54) is 6.92 Å². The summed E-state index contributed by atoms with van der Waals surface area (Å²) in [6.45, 7) is 1.34. The van der Waals surface area contributed by atoms with Gasteiger partial charge in [-0.1, -0.05) is 48.5 Å². The van der Waals surface area contributed by atoms with Crippen LogP contribution in [0.15, 0.2) is 70.8 Å². The molecule has 27 nitrogen and oxygen atoms in total. The highest BCUT2D eigenvalue weighted by Gasteiger charge is 2.36. The van der Waals surface area contributed by atoms with Crippen molar-refractivity contribution < 1.29 is 47.9 Å². The fraction of sp³-hybridized carbons (Fsp3) is 0.500. The van der Waals surface area contributed by atoms with Gasteiger partial charge in [0.2, 0.25) is 59.1 Å². The molecule has 1 saturated carbocycles. The molecule has 5 rings (SSSR count). The second-order valence-corrected chi connectivity index (χ2v) is 19.6. The molecule has 1 aliphatic carbocycles. The van der Waals surface area contributed by atoms with Crippen molar-refractivity contribution in [2.75, 3.05) is 19.6 Å². The summed E-state index contributed by atoms with van der Waals surface area (Å²) in [5, 5.41) is 25.2. The topological polar surface area (TPSA) is 450 Å². The summed E-state index contributed by atoms with van der Waals surface area (Å²) in [5.41, 5.74) is 29.6. The second-order valence-electron chi connectivity index (χ2n) is 19.6. The lowest BCUT2D eigenvalue weighted by Gasteiger charge is -2.28. The fourth-order valence-corrected chi connectivity index (χ4v) is 8.73. The lowest BCUT2D eigenvalue weighted by Crippen LogP contribution is -2.60. The van der Waals surface area contributed by atoms with Crippen LogP contribution in [0.2, 0.25) is 0 Å². The maximum Gasteiger partial charge on any atom is 0.243 e. The first-order chi connectivity index (χ1) is 37.8. The summed E-state index contributed by atoms with van der Waals surface area (Å²) < 4.78 is 0. The minimum absolute atomic E-state index is 0.00177. The first-order valence-electron chi connectivity index (χ1n) is 26.4. The molecular formula is C52H75N17O10. The summed E-state index contributed by atoms with van der Waals surface area (Å²) in [6, 6.07) is 6.14. The molecule has 27 heteroatoms. The van der Waals surface area contributed by atoms with Gasteiger partial charge in [-0.2, -0.15) is 0 Å². The van der Waals surface area contributed by atoms with Crippen LogP contribution in [0.25, 0.3) is 10.9 Å². The molecule has 20 N–H and O–H groups in total. The molecule has 10 amide bonds. The van der Waals surface area contributed by atoms with E-state index in [0.717, 1.165) is 23.7 Å². The Morgan fingerprint density at radius 2 is 1.25 bits per heavy atom. The summed E-state index contributed by atoms with van der Waals surface area (Å²) in [6.07, 6.45) is 1.96. The molecule has 0 spiro atoms. The third-order valence-electron chi connectivity index (χ3n) is 13.0. The zero-order valence-corrected chi connectivity index (χ0v) is 44.3. The number of nitrogens with two attached hydrogens (primary N) is 5. The van der Waals surface area contributed by atoms with Gasteiger partial charge >= 0.3 is 0 Å². The molecule has 1 aliphatic heterocycles. The van der Waals surface area contributed by atoms with Gasteiger partial charge in [-0.3, -0.25) is 57.9 Å². The van der Waals surface area contributed by atoms with E-state index in [1.54, 1.807) is 36.5 Å². The first-order valence-corrected chi connectivity index (χ1v) is 26.4. The normalized spacial score (nSPS) is 21.5. The van der Waals surface area contributed by atoms with Gasteiger partial charge in [0.05, 0.1) is 0 Å². The molecule has 0 bridgehead atoms. The van der Waals surface area contributed by atoms with Gasteiger partial charge < -0.3 is 81.5 Å². The number of fused-ring (bicyclic) bond motifs is 1. The number of carbonyl (C=O) groups is 10. The molecule has 428 valence electrons. The number of benzene rings is 2. The van der Waals surface area contributed by atoms with Gasteiger partial charge in [0.1, 0.15) is 42.3 Å². The third-order valence-corrected chi connectivity index (χ3v) is 13.0. The molecule has 2 aliphatic rings. The van der Waals surface area contributed by atoms with Crippen LogP contribution in [-0.2, 0) is 60.8 Å². The van der Waals surface area contributed by atoms with E-state index < -0.39 is 108 Å². The minimum Gasteiger partial charge on any atom is -0.370 e. The van der Waals surface area contributed by atoms with Crippen molar-refractivity contribution in [2.45, 2.75) is 145 Å². The zero-order valence-electron chi connectivity index (χ0n) is 44.3. The highest BCUT2D eigenvalue weighted by Crippen LogP contribution is 2.21. The number of guanidine groups is 2. The van der Waals surface area contributed by atoms with Gasteiger partial charge in [0, 0.05) is 75.4 Å². The van der Waals surface area contributed by atoms with Crippen molar-refractivity contribution in [1.82, 2.24) is 52.8 Å². The average Bonchev–Trinajstić information content (AvgIpc) is 4.14. The Morgan fingerprint density at radius 3 is 1.91 bits per heavy atom. The minimum atomic E-state index is -1.58.